The third kappa shape index (κ3) is 2.46. The fraction of sp³-hybridized carbons (Fsp3) is 0.417. The Morgan fingerprint density at radius 3 is 2.80 bits per heavy atom. The summed E-state index contributed by atoms with van der Waals surface area (Å²) in [6.45, 7) is 1.91. The number of hydrogen-bond donors (Lipinski definition) is 1. The number of nitrogens with two attached hydrogens (primary N) is 1. The van der Waals surface area contributed by atoms with Crippen LogP contribution in [0.3, 0.4) is 0 Å². The van der Waals surface area contributed by atoms with Crippen LogP contribution in [0.5, 0.6) is 0 Å². The topological polar surface area (TPSA) is 89.4 Å². The Kier molecular flexibility index (Phi) is 3.31. The molecule has 0 aromatic carbocycles. The van der Waals surface area contributed by atoms with E-state index in [1.165, 1.54) is 4.31 Å². The number of nitrogen functional groups attached to an aromatic ring is 1. The molecule has 8 heteroatoms. The average molecular weight is 313 g/mol. The van der Waals surface area contributed by atoms with Crippen LogP contribution in [0.25, 0.3) is 0 Å². The smallest absolute Gasteiger partial charge is 0.255 e. The van der Waals surface area contributed by atoms with Gasteiger partial charge >= 0.3 is 0 Å². The Labute approximate surface area is 121 Å². The van der Waals surface area contributed by atoms with Gasteiger partial charge in [0.25, 0.3) is 10.0 Å². The Hall–Kier alpha value is -1.38. The first-order chi connectivity index (χ1) is 9.48. The van der Waals surface area contributed by atoms with Crippen LogP contribution in [-0.4, -0.2) is 23.7 Å². The molecule has 108 valence electrons. The predicted octanol–water partition coefficient (Wildman–Crippen LogP) is 1.98. The maximum Gasteiger partial charge on any atom is 0.255 e. The van der Waals surface area contributed by atoms with Gasteiger partial charge in [-0.3, -0.25) is 0 Å². The van der Waals surface area contributed by atoms with E-state index < -0.39 is 10.0 Å². The molecule has 0 saturated heterocycles. The number of aryl methyl sites for hydroxylation is 1. The van der Waals surface area contributed by atoms with Gasteiger partial charge in [-0.2, -0.15) is 4.31 Å². The highest BCUT2D eigenvalue weighted by Gasteiger charge is 2.40. The molecule has 0 bridgehead atoms. The zero-order chi connectivity index (χ0) is 14.3. The van der Waals surface area contributed by atoms with Crippen molar-refractivity contribution in [3.05, 3.63) is 29.9 Å². The van der Waals surface area contributed by atoms with Crippen LogP contribution >= 0.6 is 11.3 Å². The number of anilines is 1. The van der Waals surface area contributed by atoms with E-state index >= 15 is 0 Å². The van der Waals surface area contributed by atoms with Crippen LogP contribution < -0.4 is 5.73 Å². The van der Waals surface area contributed by atoms with Gasteiger partial charge in [-0.25, -0.2) is 13.4 Å². The standard InChI is InChI=1S/C12H15N3O3S2/c1-8-11(19-12(13)14-8)20(16,17)15(9-4-5-9)7-10-3-2-6-18-10/h2-3,6,9H,4-5,7H2,1H3,(H2,13,14). The summed E-state index contributed by atoms with van der Waals surface area (Å²) < 4.78 is 32.5. The van der Waals surface area contributed by atoms with Gasteiger partial charge in [-0.15, -0.1) is 0 Å². The molecule has 20 heavy (non-hydrogen) atoms. The molecule has 1 saturated carbocycles. The second-order valence-electron chi connectivity index (χ2n) is 4.79. The number of rotatable bonds is 5. The SMILES string of the molecule is Cc1nc(N)sc1S(=O)(=O)N(Cc1ccco1)C1CC1. The predicted molar refractivity (Wildman–Crippen MR) is 75.7 cm³/mol. The van der Waals surface area contributed by atoms with Crippen LogP contribution in [0.1, 0.15) is 24.3 Å². The van der Waals surface area contributed by atoms with E-state index in [4.69, 9.17) is 10.2 Å². The summed E-state index contributed by atoms with van der Waals surface area (Å²) in [5, 5.41) is 0.273. The summed E-state index contributed by atoms with van der Waals surface area (Å²) in [7, 11) is -3.57. The van der Waals surface area contributed by atoms with Crippen LogP contribution in [0.15, 0.2) is 27.0 Å². The average Bonchev–Trinajstić information content (AvgIpc) is 2.96. The van der Waals surface area contributed by atoms with Crippen molar-refractivity contribution in [3.63, 3.8) is 0 Å². The summed E-state index contributed by atoms with van der Waals surface area (Å²) in [5.41, 5.74) is 6.07. The molecule has 0 unspecified atom stereocenters. The molecule has 0 aliphatic heterocycles. The minimum atomic E-state index is -3.57. The molecule has 0 spiro atoms. The molecule has 2 aromatic rings. The Morgan fingerprint density at radius 2 is 2.30 bits per heavy atom. The maximum absolute atomic E-state index is 12.8. The second kappa shape index (κ2) is 4.87. The van der Waals surface area contributed by atoms with Crippen molar-refractivity contribution in [2.24, 2.45) is 0 Å². The quantitative estimate of drug-likeness (QED) is 0.911. The van der Waals surface area contributed by atoms with Crippen LogP contribution in [0.4, 0.5) is 5.13 Å². The summed E-state index contributed by atoms with van der Waals surface area (Å²) >= 11 is 1.01. The van der Waals surface area contributed by atoms with Crippen molar-refractivity contribution < 1.29 is 12.8 Å². The van der Waals surface area contributed by atoms with Crippen molar-refractivity contribution >= 4 is 26.5 Å². The number of thiazole rings is 1. The third-order valence-electron chi connectivity index (χ3n) is 3.16. The summed E-state index contributed by atoms with van der Waals surface area (Å²) in [6.07, 6.45) is 3.31. The first kappa shape index (κ1) is 13.6. The minimum absolute atomic E-state index is 0.0489. The van der Waals surface area contributed by atoms with Gasteiger partial charge in [0.1, 0.15) is 5.76 Å². The van der Waals surface area contributed by atoms with Gasteiger partial charge < -0.3 is 10.2 Å². The molecule has 1 aliphatic rings. The van der Waals surface area contributed by atoms with Crippen molar-refractivity contribution in [3.8, 4) is 0 Å². The van der Waals surface area contributed by atoms with Crippen LogP contribution in [0, 0.1) is 6.92 Å². The highest BCUT2D eigenvalue weighted by atomic mass is 32.2. The van der Waals surface area contributed by atoms with Gasteiger partial charge in [0, 0.05) is 6.04 Å². The Morgan fingerprint density at radius 1 is 1.55 bits per heavy atom. The number of sulfonamides is 1. The van der Waals surface area contributed by atoms with Gasteiger partial charge in [-0.1, -0.05) is 11.3 Å². The van der Waals surface area contributed by atoms with Gasteiger partial charge in [0.2, 0.25) is 0 Å². The summed E-state index contributed by atoms with van der Waals surface area (Å²) in [6, 6.07) is 3.58. The normalized spacial score (nSPS) is 15.9. The zero-order valence-electron chi connectivity index (χ0n) is 10.9. The molecule has 2 N–H and O–H groups in total. The van der Waals surface area contributed by atoms with Crippen molar-refractivity contribution in [1.29, 1.82) is 0 Å². The van der Waals surface area contributed by atoms with Gasteiger partial charge in [-0.05, 0) is 31.9 Å². The first-order valence-electron chi connectivity index (χ1n) is 6.25. The number of nitrogens with zero attached hydrogens (tertiary/aromatic N) is 2. The van der Waals surface area contributed by atoms with E-state index in [2.05, 4.69) is 4.98 Å². The zero-order valence-corrected chi connectivity index (χ0v) is 12.6. The third-order valence-corrected chi connectivity index (χ3v) is 6.63. The van der Waals surface area contributed by atoms with E-state index in [1.54, 1.807) is 25.3 Å². The lowest BCUT2D eigenvalue weighted by Gasteiger charge is -2.20. The van der Waals surface area contributed by atoms with Gasteiger partial charge in [0.15, 0.2) is 9.34 Å². The summed E-state index contributed by atoms with van der Waals surface area (Å²) in [4.78, 5) is 4.00. The lowest BCUT2D eigenvalue weighted by Crippen LogP contribution is -2.32. The summed E-state index contributed by atoms with van der Waals surface area (Å²) in [5.74, 6) is 0.635. The van der Waals surface area contributed by atoms with Crippen molar-refractivity contribution in [1.82, 2.24) is 9.29 Å². The lowest BCUT2D eigenvalue weighted by atomic mass is 10.4. The fourth-order valence-corrected chi connectivity index (χ4v) is 5.14. The number of furan rings is 1. The molecular formula is C12H15N3O3S2. The monoisotopic (exact) mass is 313 g/mol. The lowest BCUT2D eigenvalue weighted by molar-refractivity contribution is 0.357. The molecule has 1 aliphatic carbocycles. The van der Waals surface area contributed by atoms with Crippen molar-refractivity contribution in [2.45, 2.75) is 36.6 Å². The molecule has 0 atom stereocenters. The molecule has 2 heterocycles. The second-order valence-corrected chi connectivity index (χ2v) is 7.90. The van der Waals surface area contributed by atoms with Crippen molar-refractivity contribution in [2.75, 3.05) is 5.73 Å². The first-order valence-corrected chi connectivity index (χ1v) is 8.51. The number of hydrogen-bond acceptors (Lipinski definition) is 6. The van der Waals surface area contributed by atoms with Gasteiger partial charge in [0.05, 0.1) is 18.5 Å². The van der Waals surface area contributed by atoms with E-state index in [-0.39, 0.29) is 21.9 Å². The molecule has 0 radical (unpaired) electrons. The van der Waals surface area contributed by atoms with E-state index in [0.29, 0.717) is 11.5 Å². The number of aromatic nitrogens is 1. The molecule has 2 aromatic heterocycles. The molecule has 1 fully saturated rings. The van der Waals surface area contributed by atoms with E-state index in [0.717, 1.165) is 24.2 Å². The highest BCUT2D eigenvalue weighted by Crippen LogP contribution is 2.36. The Balaban J connectivity index is 1.96. The Bertz CT molecular complexity index is 702. The van der Waals surface area contributed by atoms with E-state index in [9.17, 15) is 8.42 Å². The molecular weight excluding hydrogens is 298 g/mol. The van der Waals surface area contributed by atoms with Crippen LogP contribution in [-0.2, 0) is 16.6 Å². The molecule has 6 nitrogen and oxygen atoms in total. The fourth-order valence-electron chi connectivity index (χ4n) is 2.08. The largest absolute Gasteiger partial charge is 0.468 e. The maximum atomic E-state index is 12.8. The minimum Gasteiger partial charge on any atom is -0.468 e. The highest BCUT2D eigenvalue weighted by molar-refractivity contribution is 7.91. The van der Waals surface area contributed by atoms with Crippen LogP contribution in [0.2, 0.25) is 0 Å². The molecule has 3 rings (SSSR count). The van der Waals surface area contributed by atoms with E-state index in [1.807, 2.05) is 0 Å². The molecule has 0 amide bonds.